The van der Waals surface area contributed by atoms with Crippen molar-refractivity contribution in [1.29, 1.82) is 0 Å². The van der Waals surface area contributed by atoms with Gasteiger partial charge in [0.25, 0.3) is 17.0 Å². The van der Waals surface area contributed by atoms with Crippen LogP contribution in [0, 0.1) is 0 Å². The quantitative estimate of drug-likeness (QED) is 0.753. The van der Waals surface area contributed by atoms with Crippen molar-refractivity contribution in [3.8, 4) is 0 Å². The number of H-pyrrole nitrogens is 1. The molecule has 0 radical (unpaired) electrons. The maximum Gasteiger partial charge on any atom is 0.294 e. The molecule has 1 amide bonds. The van der Waals surface area contributed by atoms with Crippen LogP contribution in [0.25, 0.3) is 11.0 Å². The van der Waals surface area contributed by atoms with Crippen LogP contribution in [0.3, 0.4) is 0 Å². The molecule has 2 N–H and O–H groups in total. The Hall–Kier alpha value is -2.80. The Morgan fingerprint density at radius 3 is 2.96 bits per heavy atom. The van der Waals surface area contributed by atoms with Gasteiger partial charge in [-0.1, -0.05) is 11.6 Å². The number of carbonyl (C=O) groups excluding carboxylic acids is 1. The van der Waals surface area contributed by atoms with E-state index in [0.717, 1.165) is 5.39 Å². The van der Waals surface area contributed by atoms with E-state index in [4.69, 9.17) is 16.0 Å². The van der Waals surface area contributed by atoms with Gasteiger partial charge in [-0.15, -0.1) is 0 Å². The first kappa shape index (κ1) is 15.1. The highest BCUT2D eigenvalue weighted by molar-refractivity contribution is 6.30. The average Bonchev–Trinajstić information content (AvgIpc) is 3.01. The molecule has 3 aromatic heterocycles. The number of fused-ring (bicyclic) bond motifs is 1. The van der Waals surface area contributed by atoms with Crippen LogP contribution in [0.4, 0.5) is 0 Å². The largest absolute Gasteiger partial charge is 0.459 e. The second kappa shape index (κ2) is 6.13. The Kier molecular flexibility index (Phi) is 4.03. The van der Waals surface area contributed by atoms with Gasteiger partial charge in [0.15, 0.2) is 5.58 Å². The number of rotatable bonds is 4. The maximum absolute atomic E-state index is 12.1. The summed E-state index contributed by atoms with van der Waals surface area (Å²) in [5, 5.41) is 3.33. The first-order valence-corrected chi connectivity index (χ1v) is 7.17. The van der Waals surface area contributed by atoms with E-state index in [2.05, 4.69) is 10.3 Å². The topological polar surface area (TPSA) is 97.1 Å². The normalized spacial score (nSPS) is 10.8. The van der Waals surface area contributed by atoms with Crippen molar-refractivity contribution in [1.82, 2.24) is 14.9 Å². The average molecular weight is 334 g/mol. The molecule has 0 bridgehead atoms. The molecule has 7 nitrogen and oxygen atoms in total. The van der Waals surface area contributed by atoms with E-state index in [1.54, 1.807) is 18.3 Å². The van der Waals surface area contributed by atoms with Gasteiger partial charge in [0.1, 0.15) is 5.02 Å². The number of carbonyl (C=O) groups is 1. The van der Waals surface area contributed by atoms with E-state index in [9.17, 15) is 14.4 Å². The molecule has 0 saturated heterocycles. The molecule has 0 aliphatic rings. The molecule has 3 aromatic rings. The first-order valence-electron chi connectivity index (χ1n) is 6.79. The summed E-state index contributed by atoms with van der Waals surface area (Å²) in [6.45, 7) is 0.528. The van der Waals surface area contributed by atoms with Gasteiger partial charge < -0.3 is 19.3 Å². The number of aromatic amines is 1. The van der Waals surface area contributed by atoms with E-state index in [0.29, 0.717) is 0 Å². The zero-order valence-corrected chi connectivity index (χ0v) is 12.6. The van der Waals surface area contributed by atoms with Gasteiger partial charge in [-0.25, -0.2) is 0 Å². The minimum atomic E-state index is -0.457. The molecule has 23 heavy (non-hydrogen) atoms. The van der Waals surface area contributed by atoms with Crippen LogP contribution < -0.4 is 16.4 Å². The highest BCUT2D eigenvalue weighted by atomic mass is 35.5. The number of halogens is 1. The van der Waals surface area contributed by atoms with Gasteiger partial charge in [-0.05, 0) is 18.2 Å². The minimum absolute atomic E-state index is 0.0582. The Balaban J connectivity index is 1.67. The highest BCUT2D eigenvalue weighted by Gasteiger charge is 2.09. The molecule has 8 heteroatoms. The van der Waals surface area contributed by atoms with Crippen molar-refractivity contribution >= 4 is 28.5 Å². The van der Waals surface area contributed by atoms with E-state index >= 15 is 0 Å². The Bertz CT molecular complexity index is 986. The fourth-order valence-corrected chi connectivity index (χ4v) is 2.32. The summed E-state index contributed by atoms with van der Waals surface area (Å²) >= 11 is 5.67. The summed E-state index contributed by atoms with van der Waals surface area (Å²) in [4.78, 5) is 37.6. The van der Waals surface area contributed by atoms with Crippen LogP contribution in [-0.4, -0.2) is 22.0 Å². The maximum atomic E-state index is 12.1. The standard InChI is InChI=1S/C15H12ClN3O4/c16-11-7-10(8-18-14(11)21)13(20)17-3-5-19-4-1-9-2-6-23-12(9)15(19)22/h1-2,4,6-8H,3,5H2,(H,17,20)(H,18,21). The number of nitrogens with one attached hydrogen (secondary N) is 2. The molecule has 0 atom stereocenters. The fraction of sp³-hybridized carbons (Fsp3) is 0.133. The molecule has 118 valence electrons. The van der Waals surface area contributed by atoms with Gasteiger partial charge in [0.05, 0.1) is 11.8 Å². The van der Waals surface area contributed by atoms with E-state index in [-0.39, 0.29) is 34.8 Å². The van der Waals surface area contributed by atoms with E-state index in [1.807, 2.05) is 0 Å². The van der Waals surface area contributed by atoms with Crippen molar-refractivity contribution in [3.05, 3.63) is 68.1 Å². The van der Waals surface area contributed by atoms with Gasteiger partial charge in [-0.2, -0.15) is 0 Å². The van der Waals surface area contributed by atoms with Gasteiger partial charge >= 0.3 is 0 Å². The second-order valence-corrected chi connectivity index (χ2v) is 5.25. The summed E-state index contributed by atoms with van der Waals surface area (Å²) < 4.78 is 6.59. The van der Waals surface area contributed by atoms with Crippen LogP contribution in [-0.2, 0) is 6.54 Å². The number of hydrogen-bond donors (Lipinski definition) is 2. The monoisotopic (exact) mass is 333 g/mol. The number of pyridine rings is 2. The second-order valence-electron chi connectivity index (χ2n) is 4.84. The zero-order chi connectivity index (χ0) is 16.4. The first-order chi connectivity index (χ1) is 11.1. The molecule has 0 aliphatic carbocycles. The number of aromatic nitrogens is 2. The SMILES string of the molecule is O=C(NCCn1ccc2ccoc2c1=O)c1c[nH]c(=O)c(Cl)c1. The third-order valence-corrected chi connectivity index (χ3v) is 3.62. The van der Waals surface area contributed by atoms with Crippen molar-refractivity contribution in [2.75, 3.05) is 6.54 Å². The number of hydrogen-bond acceptors (Lipinski definition) is 4. The molecular formula is C15H12ClN3O4. The van der Waals surface area contributed by atoms with E-state index in [1.165, 1.54) is 23.1 Å². The molecule has 0 fully saturated rings. The van der Waals surface area contributed by atoms with Gasteiger partial charge in [0.2, 0.25) is 0 Å². The summed E-state index contributed by atoms with van der Waals surface area (Å²) in [5.41, 5.74) is -0.190. The Morgan fingerprint density at radius 1 is 1.35 bits per heavy atom. The number of furan rings is 1. The fourth-order valence-electron chi connectivity index (χ4n) is 2.15. The van der Waals surface area contributed by atoms with Crippen LogP contribution in [0.1, 0.15) is 10.4 Å². The Labute approximate surface area is 134 Å². The summed E-state index contributed by atoms with van der Waals surface area (Å²) in [6.07, 6.45) is 4.38. The van der Waals surface area contributed by atoms with Crippen LogP contribution >= 0.6 is 11.6 Å². The lowest BCUT2D eigenvalue weighted by molar-refractivity contribution is 0.0952. The third-order valence-electron chi connectivity index (χ3n) is 3.34. The molecule has 0 aliphatic heterocycles. The van der Waals surface area contributed by atoms with Gasteiger partial charge in [0, 0.05) is 30.9 Å². The predicted octanol–water partition coefficient (Wildman–Crippen LogP) is 1.37. The lowest BCUT2D eigenvalue weighted by atomic mass is 10.2. The lowest BCUT2D eigenvalue weighted by Gasteiger charge is -2.07. The van der Waals surface area contributed by atoms with Crippen molar-refractivity contribution < 1.29 is 9.21 Å². The molecule has 0 aromatic carbocycles. The van der Waals surface area contributed by atoms with Crippen molar-refractivity contribution in [2.45, 2.75) is 6.54 Å². The molecule has 0 unspecified atom stereocenters. The molecule has 0 spiro atoms. The molecule has 3 heterocycles. The highest BCUT2D eigenvalue weighted by Crippen LogP contribution is 2.09. The number of nitrogens with zero attached hydrogens (tertiary/aromatic N) is 1. The molecule has 3 rings (SSSR count). The molecule has 0 saturated carbocycles. The minimum Gasteiger partial charge on any atom is -0.459 e. The van der Waals surface area contributed by atoms with Gasteiger partial charge in [-0.3, -0.25) is 14.4 Å². The zero-order valence-electron chi connectivity index (χ0n) is 11.8. The van der Waals surface area contributed by atoms with Crippen molar-refractivity contribution in [3.63, 3.8) is 0 Å². The molecular weight excluding hydrogens is 322 g/mol. The third kappa shape index (κ3) is 3.04. The van der Waals surface area contributed by atoms with Crippen LogP contribution in [0.2, 0.25) is 5.02 Å². The van der Waals surface area contributed by atoms with E-state index < -0.39 is 11.5 Å². The lowest BCUT2D eigenvalue weighted by Crippen LogP contribution is -2.31. The Morgan fingerprint density at radius 2 is 2.17 bits per heavy atom. The smallest absolute Gasteiger partial charge is 0.294 e. The summed E-state index contributed by atoms with van der Waals surface area (Å²) in [6, 6.07) is 4.77. The predicted molar refractivity (Wildman–Crippen MR) is 84.9 cm³/mol. The number of amides is 1. The summed E-state index contributed by atoms with van der Waals surface area (Å²) in [7, 11) is 0. The summed E-state index contributed by atoms with van der Waals surface area (Å²) in [5.74, 6) is -0.393. The van der Waals surface area contributed by atoms with Crippen molar-refractivity contribution in [2.24, 2.45) is 0 Å². The van der Waals surface area contributed by atoms with Crippen LogP contribution in [0.15, 0.2) is 50.9 Å². The van der Waals surface area contributed by atoms with Crippen LogP contribution in [0.5, 0.6) is 0 Å².